The SMILES string of the molecule is CCC(C)CCCCCCCOCCCN. The average Bonchev–Trinajstić information content (AvgIpc) is 2.31. The van der Waals surface area contributed by atoms with Gasteiger partial charge in [-0.1, -0.05) is 52.4 Å². The lowest BCUT2D eigenvalue weighted by atomic mass is 10.0. The van der Waals surface area contributed by atoms with Crippen LogP contribution in [-0.4, -0.2) is 19.8 Å². The van der Waals surface area contributed by atoms with Gasteiger partial charge >= 0.3 is 0 Å². The van der Waals surface area contributed by atoms with Crippen LogP contribution in [0.25, 0.3) is 0 Å². The molecule has 98 valence electrons. The summed E-state index contributed by atoms with van der Waals surface area (Å²) in [4.78, 5) is 0. The summed E-state index contributed by atoms with van der Waals surface area (Å²) in [5, 5.41) is 0. The molecule has 0 aromatic carbocycles. The van der Waals surface area contributed by atoms with Crippen LogP contribution in [0.1, 0.15) is 65.2 Å². The zero-order valence-electron chi connectivity index (χ0n) is 11.3. The maximum Gasteiger partial charge on any atom is 0.0478 e. The van der Waals surface area contributed by atoms with Gasteiger partial charge in [-0.05, 0) is 25.3 Å². The molecule has 1 unspecified atom stereocenters. The predicted molar refractivity (Wildman–Crippen MR) is 71.6 cm³/mol. The van der Waals surface area contributed by atoms with E-state index < -0.39 is 0 Å². The summed E-state index contributed by atoms with van der Waals surface area (Å²) < 4.78 is 5.46. The number of unbranched alkanes of at least 4 members (excludes halogenated alkanes) is 4. The minimum absolute atomic E-state index is 0.746. The third kappa shape index (κ3) is 12.0. The van der Waals surface area contributed by atoms with Crippen molar-refractivity contribution in [2.45, 2.75) is 65.2 Å². The molecule has 0 heterocycles. The molecule has 0 aromatic rings. The lowest BCUT2D eigenvalue weighted by Crippen LogP contribution is -2.05. The van der Waals surface area contributed by atoms with Crippen LogP contribution in [0.2, 0.25) is 0 Å². The molecule has 16 heavy (non-hydrogen) atoms. The van der Waals surface area contributed by atoms with Gasteiger partial charge in [-0.25, -0.2) is 0 Å². The van der Waals surface area contributed by atoms with Crippen molar-refractivity contribution in [1.82, 2.24) is 0 Å². The zero-order valence-corrected chi connectivity index (χ0v) is 11.3. The summed E-state index contributed by atoms with van der Waals surface area (Å²) in [5.74, 6) is 0.916. The van der Waals surface area contributed by atoms with Gasteiger partial charge in [-0.2, -0.15) is 0 Å². The Bertz CT molecular complexity index is 128. The summed E-state index contributed by atoms with van der Waals surface area (Å²) >= 11 is 0. The third-order valence-electron chi connectivity index (χ3n) is 3.18. The van der Waals surface area contributed by atoms with Crippen LogP contribution >= 0.6 is 0 Å². The van der Waals surface area contributed by atoms with E-state index in [1.807, 2.05) is 0 Å². The van der Waals surface area contributed by atoms with Gasteiger partial charge in [0, 0.05) is 13.2 Å². The molecular weight excluding hydrogens is 198 g/mol. The predicted octanol–water partition coefficient (Wildman–Crippen LogP) is 3.74. The van der Waals surface area contributed by atoms with Crippen LogP contribution in [0, 0.1) is 5.92 Å². The van der Waals surface area contributed by atoms with Crippen molar-refractivity contribution in [3.05, 3.63) is 0 Å². The van der Waals surface area contributed by atoms with E-state index in [0.29, 0.717) is 0 Å². The van der Waals surface area contributed by atoms with Gasteiger partial charge in [0.15, 0.2) is 0 Å². The largest absolute Gasteiger partial charge is 0.381 e. The maximum atomic E-state index is 5.46. The van der Waals surface area contributed by atoms with Gasteiger partial charge in [0.2, 0.25) is 0 Å². The molecule has 0 amide bonds. The van der Waals surface area contributed by atoms with Crippen LogP contribution < -0.4 is 5.73 Å². The molecule has 0 aliphatic carbocycles. The second-order valence-corrected chi connectivity index (χ2v) is 4.82. The first-order chi connectivity index (χ1) is 7.81. The Morgan fingerprint density at radius 2 is 1.56 bits per heavy atom. The average molecular weight is 229 g/mol. The number of hydrogen-bond donors (Lipinski definition) is 1. The van der Waals surface area contributed by atoms with E-state index in [2.05, 4.69) is 13.8 Å². The Hall–Kier alpha value is -0.0800. The fourth-order valence-corrected chi connectivity index (χ4v) is 1.72. The number of hydrogen-bond acceptors (Lipinski definition) is 2. The van der Waals surface area contributed by atoms with Gasteiger partial charge in [-0.3, -0.25) is 0 Å². The first-order valence-corrected chi connectivity index (χ1v) is 7.09. The third-order valence-corrected chi connectivity index (χ3v) is 3.18. The lowest BCUT2D eigenvalue weighted by Gasteiger charge is -2.07. The van der Waals surface area contributed by atoms with E-state index in [9.17, 15) is 0 Å². The molecule has 0 saturated heterocycles. The molecule has 0 fully saturated rings. The van der Waals surface area contributed by atoms with Crippen LogP contribution in [-0.2, 0) is 4.74 Å². The van der Waals surface area contributed by atoms with E-state index in [1.54, 1.807) is 0 Å². The van der Waals surface area contributed by atoms with Gasteiger partial charge in [-0.15, -0.1) is 0 Å². The van der Waals surface area contributed by atoms with Gasteiger partial charge in [0.1, 0.15) is 0 Å². The number of nitrogens with two attached hydrogens (primary N) is 1. The maximum absolute atomic E-state index is 5.46. The highest BCUT2D eigenvalue weighted by Crippen LogP contribution is 2.13. The molecule has 0 bridgehead atoms. The standard InChI is InChI=1S/C14H31NO/c1-3-14(2)10-7-5-4-6-8-12-16-13-9-11-15/h14H,3-13,15H2,1-2H3. The molecule has 0 spiro atoms. The number of ether oxygens (including phenoxy) is 1. The highest BCUT2D eigenvalue weighted by atomic mass is 16.5. The summed E-state index contributed by atoms with van der Waals surface area (Å²) in [6.45, 7) is 7.14. The Kier molecular flexibility index (Phi) is 12.9. The Balaban J connectivity index is 2.93. The molecule has 2 N–H and O–H groups in total. The van der Waals surface area contributed by atoms with Crippen molar-refractivity contribution >= 4 is 0 Å². The fraction of sp³-hybridized carbons (Fsp3) is 1.00. The van der Waals surface area contributed by atoms with Crippen LogP contribution in [0.3, 0.4) is 0 Å². The van der Waals surface area contributed by atoms with Crippen LogP contribution in [0.15, 0.2) is 0 Å². The fourth-order valence-electron chi connectivity index (χ4n) is 1.72. The van der Waals surface area contributed by atoms with Gasteiger partial charge in [0.25, 0.3) is 0 Å². The quantitative estimate of drug-likeness (QED) is 0.517. The minimum Gasteiger partial charge on any atom is -0.381 e. The van der Waals surface area contributed by atoms with Crippen LogP contribution in [0.4, 0.5) is 0 Å². The van der Waals surface area contributed by atoms with E-state index in [1.165, 1.54) is 44.9 Å². The van der Waals surface area contributed by atoms with Crippen molar-refractivity contribution in [3.63, 3.8) is 0 Å². The van der Waals surface area contributed by atoms with Crippen molar-refractivity contribution < 1.29 is 4.74 Å². The first kappa shape index (κ1) is 15.9. The molecular formula is C14H31NO. The molecule has 1 atom stereocenters. The molecule has 0 saturated carbocycles. The summed E-state index contributed by atoms with van der Waals surface area (Å²) in [6, 6.07) is 0. The topological polar surface area (TPSA) is 35.2 Å². The summed E-state index contributed by atoms with van der Waals surface area (Å²) in [5.41, 5.74) is 5.38. The lowest BCUT2D eigenvalue weighted by molar-refractivity contribution is 0.129. The van der Waals surface area contributed by atoms with E-state index >= 15 is 0 Å². The van der Waals surface area contributed by atoms with Gasteiger partial charge < -0.3 is 10.5 Å². The molecule has 0 rings (SSSR count). The summed E-state index contributed by atoms with van der Waals surface area (Å²) in [7, 11) is 0. The molecule has 0 aliphatic heterocycles. The Morgan fingerprint density at radius 1 is 0.938 bits per heavy atom. The van der Waals surface area contributed by atoms with E-state index in [0.717, 1.165) is 32.1 Å². The zero-order chi connectivity index (χ0) is 12.1. The van der Waals surface area contributed by atoms with Crippen molar-refractivity contribution in [2.75, 3.05) is 19.8 Å². The van der Waals surface area contributed by atoms with Crippen molar-refractivity contribution in [2.24, 2.45) is 11.7 Å². The Labute approximate surface area is 102 Å². The van der Waals surface area contributed by atoms with Crippen molar-refractivity contribution in [3.8, 4) is 0 Å². The number of rotatable bonds is 12. The normalized spacial score (nSPS) is 12.9. The molecule has 0 radical (unpaired) electrons. The van der Waals surface area contributed by atoms with Gasteiger partial charge in [0.05, 0.1) is 0 Å². The molecule has 2 heteroatoms. The second kappa shape index (κ2) is 13.0. The highest BCUT2D eigenvalue weighted by Gasteiger charge is 1.98. The molecule has 0 aromatic heterocycles. The molecule has 0 aliphatic rings. The van der Waals surface area contributed by atoms with E-state index in [4.69, 9.17) is 10.5 Å². The van der Waals surface area contributed by atoms with Crippen molar-refractivity contribution in [1.29, 1.82) is 0 Å². The monoisotopic (exact) mass is 229 g/mol. The minimum atomic E-state index is 0.746. The second-order valence-electron chi connectivity index (χ2n) is 4.82. The summed E-state index contributed by atoms with van der Waals surface area (Å²) in [6.07, 6.45) is 10.4. The Morgan fingerprint density at radius 3 is 2.25 bits per heavy atom. The highest BCUT2D eigenvalue weighted by molar-refractivity contribution is 4.51. The smallest absolute Gasteiger partial charge is 0.0478 e. The van der Waals surface area contributed by atoms with Crippen LogP contribution in [0.5, 0.6) is 0 Å². The van der Waals surface area contributed by atoms with E-state index in [-0.39, 0.29) is 0 Å². The first-order valence-electron chi connectivity index (χ1n) is 7.09. The molecule has 2 nitrogen and oxygen atoms in total.